The predicted octanol–water partition coefficient (Wildman–Crippen LogP) is 4.75. The van der Waals surface area contributed by atoms with Gasteiger partial charge < -0.3 is 9.64 Å². The Hall–Kier alpha value is -2.00. The normalized spacial score (nSPS) is 21.2. The van der Waals surface area contributed by atoms with Crippen molar-refractivity contribution in [3.05, 3.63) is 59.1 Å². The Labute approximate surface area is 148 Å². The van der Waals surface area contributed by atoms with Crippen molar-refractivity contribution in [1.82, 2.24) is 0 Å². The van der Waals surface area contributed by atoms with Gasteiger partial charge >= 0.3 is 0 Å². The summed E-state index contributed by atoms with van der Waals surface area (Å²) in [6, 6.07) is 15.6. The first-order chi connectivity index (χ1) is 11.4. The summed E-state index contributed by atoms with van der Waals surface area (Å²) in [7, 11) is 3.38. The molecule has 0 radical (unpaired) electrons. The molecule has 2 atom stereocenters. The second kappa shape index (κ2) is 6.14. The van der Waals surface area contributed by atoms with Gasteiger partial charge in [0.15, 0.2) is 0 Å². The van der Waals surface area contributed by atoms with Crippen LogP contribution in [0.2, 0.25) is 5.02 Å². The van der Waals surface area contributed by atoms with Gasteiger partial charge in [-0.1, -0.05) is 55.8 Å². The van der Waals surface area contributed by atoms with E-state index in [-0.39, 0.29) is 23.2 Å². The van der Waals surface area contributed by atoms with Crippen molar-refractivity contribution in [2.24, 2.45) is 11.3 Å². The van der Waals surface area contributed by atoms with Gasteiger partial charge in [-0.3, -0.25) is 4.79 Å². The van der Waals surface area contributed by atoms with E-state index in [0.717, 1.165) is 0 Å². The molecule has 3 rings (SSSR count). The minimum Gasteiger partial charge on any atom is -0.495 e. The van der Waals surface area contributed by atoms with Crippen molar-refractivity contribution >= 4 is 23.2 Å². The summed E-state index contributed by atoms with van der Waals surface area (Å²) in [5.74, 6) is 0.923. The summed E-state index contributed by atoms with van der Waals surface area (Å²) in [4.78, 5) is 14.8. The van der Waals surface area contributed by atoms with E-state index in [1.165, 1.54) is 5.56 Å². The Kier molecular flexibility index (Phi) is 4.31. The number of hydrogen-bond acceptors (Lipinski definition) is 2. The molecule has 126 valence electrons. The molecule has 1 aliphatic carbocycles. The molecule has 2 aromatic rings. The third-order valence-corrected chi connectivity index (χ3v) is 5.32. The number of carbonyl (C=O) groups is 1. The number of rotatable bonds is 4. The van der Waals surface area contributed by atoms with E-state index in [1.807, 2.05) is 18.2 Å². The van der Waals surface area contributed by atoms with E-state index < -0.39 is 0 Å². The minimum absolute atomic E-state index is 0.0476. The number of anilines is 1. The number of hydrogen-bond donors (Lipinski definition) is 0. The van der Waals surface area contributed by atoms with Gasteiger partial charge in [0.1, 0.15) is 5.75 Å². The first kappa shape index (κ1) is 16.8. The van der Waals surface area contributed by atoms with Gasteiger partial charge in [0.25, 0.3) is 0 Å². The third-order valence-electron chi connectivity index (χ3n) is 5.08. The van der Waals surface area contributed by atoms with Crippen molar-refractivity contribution < 1.29 is 9.53 Å². The summed E-state index contributed by atoms with van der Waals surface area (Å²) in [5.41, 5.74) is 1.86. The molecular formula is C20H22ClNO2. The van der Waals surface area contributed by atoms with E-state index >= 15 is 0 Å². The standard InChI is InChI=1S/C20H22ClNO2/c1-20(2)17(13-8-6-5-7-9-13)18(20)19(23)22(3)15-12-14(21)10-11-16(15)24-4/h5-12,17-18H,1-4H3/t17-,18+/m0/s1. The second-order valence-corrected chi connectivity index (χ2v) is 7.34. The summed E-state index contributed by atoms with van der Waals surface area (Å²) in [6.45, 7) is 4.30. The molecule has 1 aliphatic rings. The highest BCUT2D eigenvalue weighted by atomic mass is 35.5. The number of amides is 1. The summed E-state index contributed by atoms with van der Waals surface area (Å²) < 4.78 is 5.38. The highest BCUT2D eigenvalue weighted by Gasteiger charge is 2.62. The van der Waals surface area contributed by atoms with Crippen LogP contribution in [0.25, 0.3) is 0 Å². The predicted molar refractivity (Wildman–Crippen MR) is 97.9 cm³/mol. The first-order valence-electron chi connectivity index (χ1n) is 8.04. The summed E-state index contributed by atoms with van der Waals surface area (Å²) >= 11 is 6.10. The fraction of sp³-hybridized carbons (Fsp3) is 0.350. The van der Waals surface area contributed by atoms with Crippen LogP contribution in [0.5, 0.6) is 5.75 Å². The van der Waals surface area contributed by atoms with Crippen molar-refractivity contribution in [2.75, 3.05) is 19.1 Å². The molecular weight excluding hydrogens is 322 g/mol. The van der Waals surface area contributed by atoms with E-state index in [2.05, 4.69) is 26.0 Å². The zero-order valence-electron chi connectivity index (χ0n) is 14.4. The quantitative estimate of drug-likeness (QED) is 0.801. The Bertz CT molecular complexity index is 757. The molecule has 0 unspecified atom stereocenters. The van der Waals surface area contributed by atoms with Crippen molar-refractivity contribution in [3.63, 3.8) is 0 Å². The number of halogens is 1. The Balaban J connectivity index is 1.88. The van der Waals surface area contributed by atoms with Crippen LogP contribution in [0, 0.1) is 11.3 Å². The van der Waals surface area contributed by atoms with Crippen LogP contribution in [0.15, 0.2) is 48.5 Å². The summed E-state index contributed by atoms with van der Waals surface area (Å²) in [6.07, 6.45) is 0. The van der Waals surface area contributed by atoms with Gasteiger partial charge in [0.2, 0.25) is 5.91 Å². The van der Waals surface area contributed by atoms with Crippen LogP contribution >= 0.6 is 11.6 Å². The third kappa shape index (κ3) is 2.78. The molecule has 0 N–H and O–H groups in total. The molecule has 0 heterocycles. The van der Waals surface area contributed by atoms with Crippen LogP contribution in [0.1, 0.15) is 25.3 Å². The first-order valence-corrected chi connectivity index (χ1v) is 8.41. The second-order valence-electron chi connectivity index (χ2n) is 6.90. The summed E-state index contributed by atoms with van der Waals surface area (Å²) in [5, 5.41) is 0.583. The Morgan fingerprint density at radius 1 is 1.17 bits per heavy atom. The number of nitrogens with zero attached hydrogens (tertiary/aromatic N) is 1. The van der Waals surface area contributed by atoms with Gasteiger partial charge in [-0.15, -0.1) is 0 Å². The lowest BCUT2D eigenvalue weighted by molar-refractivity contribution is -0.120. The molecule has 0 aliphatic heterocycles. The maximum Gasteiger partial charge on any atom is 0.231 e. The molecule has 3 nitrogen and oxygen atoms in total. The molecule has 0 bridgehead atoms. The molecule has 1 saturated carbocycles. The highest BCUT2D eigenvalue weighted by molar-refractivity contribution is 6.31. The molecule has 0 aromatic heterocycles. The molecule has 0 saturated heterocycles. The van der Waals surface area contributed by atoms with E-state index in [0.29, 0.717) is 16.5 Å². The van der Waals surface area contributed by atoms with Gasteiger partial charge in [-0.05, 0) is 29.2 Å². The zero-order chi connectivity index (χ0) is 17.5. The van der Waals surface area contributed by atoms with Gasteiger partial charge in [-0.25, -0.2) is 0 Å². The van der Waals surface area contributed by atoms with Gasteiger partial charge in [0.05, 0.1) is 18.7 Å². The average molecular weight is 344 g/mol. The Morgan fingerprint density at radius 2 is 1.83 bits per heavy atom. The number of methoxy groups -OCH3 is 1. The topological polar surface area (TPSA) is 29.5 Å². The smallest absolute Gasteiger partial charge is 0.231 e. The van der Waals surface area contributed by atoms with Crippen molar-refractivity contribution in [1.29, 1.82) is 0 Å². The largest absolute Gasteiger partial charge is 0.495 e. The average Bonchev–Trinajstić information content (AvgIpc) is 3.16. The number of ether oxygens (including phenoxy) is 1. The monoisotopic (exact) mass is 343 g/mol. The molecule has 1 amide bonds. The number of benzene rings is 2. The Morgan fingerprint density at radius 3 is 2.46 bits per heavy atom. The molecule has 2 aromatic carbocycles. The van der Waals surface area contributed by atoms with E-state index in [1.54, 1.807) is 37.3 Å². The van der Waals surface area contributed by atoms with Crippen LogP contribution in [0.3, 0.4) is 0 Å². The van der Waals surface area contributed by atoms with Crippen molar-refractivity contribution in [2.45, 2.75) is 19.8 Å². The maximum absolute atomic E-state index is 13.1. The van der Waals surface area contributed by atoms with Gasteiger partial charge in [-0.2, -0.15) is 0 Å². The molecule has 0 spiro atoms. The van der Waals surface area contributed by atoms with Crippen molar-refractivity contribution in [3.8, 4) is 5.75 Å². The van der Waals surface area contributed by atoms with Crippen LogP contribution < -0.4 is 9.64 Å². The van der Waals surface area contributed by atoms with E-state index in [9.17, 15) is 4.79 Å². The minimum atomic E-state index is -0.0570. The van der Waals surface area contributed by atoms with Gasteiger partial charge in [0, 0.05) is 18.0 Å². The maximum atomic E-state index is 13.1. The lowest BCUT2D eigenvalue weighted by atomic mass is 10.0. The van der Waals surface area contributed by atoms with Crippen LogP contribution in [-0.4, -0.2) is 20.1 Å². The van der Waals surface area contributed by atoms with E-state index in [4.69, 9.17) is 16.3 Å². The fourth-order valence-electron chi connectivity index (χ4n) is 3.63. The number of carbonyl (C=O) groups excluding carboxylic acids is 1. The highest BCUT2D eigenvalue weighted by Crippen LogP contribution is 2.65. The molecule has 24 heavy (non-hydrogen) atoms. The lowest BCUT2D eigenvalue weighted by Gasteiger charge is -2.21. The molecule has 4 heteroatoms. The lowest BCUT2D eigenvalue weighted by Crippen LogP contribution is -2.29. The van der Waals surface area contributed by atoms with Crippen LogP contribution in [0.4, 0.5) is 5.69 Å². The van der Waals surface area contributed by atoms with Crippen LogP contribution in [-0.2, 0) is 4.79 Å². The SMILES string of the molecule is COc1ccc(Cl)cc1N(C)C(=O)[C@H]1[C@H](c2ccccc2)C1(C)C. The fourth-order valence-corrected chi connectivity index (χ4v) is 3.80. The zero-order valence-corrected chi connectivity index (χ0v) is 15.2. The molecule has 1 fully saturated rings.